The Labute approximate surface area is 143 Å². The van der Waals surface area contributed by atoms with E-state index in [0.29, 0.717) is 23.7 Å². The monoisotopic (exact) mass is 333 g/mol. The van der Waals surface area contributed by atoms with Crippen LogP contribution in [0.3, 0.4) is 0 Å². The van der Waals surface area contributed by atoms with Crippen LogP contribution in [-0.2, 0) is 6.54 Å². The van der Waals surface area contributed by atoms with Crippen LogP contribution >= 0.6 is 0 Å². The number of anilines is 2. The van der Waals surface area contributed by atoms with Crippen molar-refractivity contribution in [2.75, 3.05) is 19.0 Å². The first-order chi connectivity index (χ1) is 12.3. The van der Waals surface area contributed by atoms with E-state index in [1.807, 2.05) is 24.4 Å². The molecule has 1 aliphatic heterocycles. The number of H-pyrrole nitrogens is 1. The van der Waals surface area contributed by atoms with Crippen molar-refractivity contribution >= 4 is 28.8 Å². The van der Waals surface area contributed by atoms with Crippen molar-refractivity contribution in [3.8, 4) is 17.6 Å². The molecular formula is C18H15N5O2. The molecule has 124 valence electrons. The Bertz CT molecular complexity index is 1040. The van der Waals surface area contributed by atoms with Crippen molar-refractivity contribution in [3.63, 3.8) is 0 Å². The molecule has 3 aromatic rings. The summed E-state index contributed by atoms with van der Waals surface area (Å²) in [5.74, 6) is 6.82. The van der Waals surface area contributed by atoms with Gasteiger partial charge in [0.2, 0.25) is 0 Å². The molecule has 1 aliphatic rings. The lowest BCUT2D eigenvalue weighted by Gasteiger charge is -2.13. The summed E-state index contributed by atoms with van der Waals surface area (Å²) in [6.45, 7) is 0.481. The molecule has 0 fully saturated rings. The fraction of sp³-hybridized carbons (Fsp3) is 0.167. The molecule has 2 aromatic heterocycles. The Balaban J connectivity index is 1.76. The molecule has 0 bridgehead atoms. The third kappa shape index (κ3) is 2.79. The number of aliphatic hydroxyl groups excluding tert-OH is 1. The van der Waals surface area contributed by atoms with Crippen LogP contribution in [0.5, 0.6) is 5.75 Å². The minimum absolute atomic E-state index is 0.194. The fourth-order valence-corrected chi connectivity index (χ4v) is 2.77. The van der Waals surface area contributed by atoms with Gasteiger partial charge in [-0.3, -0.25) is 4.99 Å². The van der Waals surface area contributed by atoms with Crippen LogP contribution in [0.25, 0.3) is 11.0 Å². The van der Waals surface area contributed by atoms with Gasteiger partial charge in [-0.15, -0.1) is 0 Å². The zero-order chi connectivity index (χ0) is 17.2. The lowest BCUT2D eigenvalue weighted by atomic mass is 10.1. The number of hydrogen-bond donors (Lipinski definition) is 3. The summed E-state index contributed by atoms with van der Waals surface area (Å²) >= 11 is 0. The Morgan fingerprint density at radius 2 is 2.24 bits per heavy atom. The number of nitrogens with zero attached hydrogens (tertiary/aromatic N) is 3. The smallest absolute Gasteiger partial charge is 0.143 e. The molecule has 0 aliphatic carbocycles. The molecule has 25 heavy (non-hydrogen) atoms. The highest BCUT2D eigenvalue weighted by Gasteiger charge is 2.14. The Morgan fingerprint density at radius 3 is 3.08 bits per heavy atom. The van der Waals surface area contributed by atoms with Gasteiger partial charge in [0.15, 0.2) is 0 Å². The van der Waals surface area contributed by atoms with Gasteiger partial charge in [-0.25, -0.2) is 9.97 Å². The maximum atomic E-state index is 8.83. The second kappa shape index (κ2) is 6.26. The number of aliphatic hydroxyl groups is 1. The number of ether oxygens (including phenoxy) is 1. The predicted octanol–water partition coefficient (Wildman–Crippen LogP) is 1.99. The van der Waals surface area contributed by atoms with Gasteiger partial charge in [0.25, 0.3) is 0 Å². The molecule has 0 atom stereocenters. The summed E-state index contributed by atoms with van der Waals surface area (Å²) in [5.41, 5.74) is 4.34. The molecule has 0 saturated carbocycles. The Hall–Kier alpha value is -3.37. The van der Waals surface area contributed by atoms with E-state index in [4.69, 9.17) is 9.84 Å². The first-order valence-corrected chi connectivity index (χ1v) is 7.69. The molecule has 1 aromatic carbocycles. The molecule has 0 spiro atoms. The van der Waals surface area contributed by atoms with Gasteiger partial charge in [0.1, 0.15) is 30.1 Å². The van der Waals surface area contributed by atoms with Gasteiger partial charge in [-0.05, 0) is 35.2 Å². The average Bonchev–Trinajstić information content (AvgIpc) is 3.25. The molecule has 0 unspecified atom stereocenters. The minimum atomic E-state index is -0.194. The molecule has 4 rings (SSSR count). The topological polar surface area (TPSA) is 95.4 Å². The number of methoxy groups -OCH3 is 1. The molecule has 7 heteroatoms. The van der Waals surface area contributed by atoms with Gasteiger partial charge in [-0.1, -0.05) is 5.92 Å². The maximum Gasteiger partial charge on any atom is 0.143 e. The standard InChI is InChI=1S/C18H15N5O2/c1-25-16-6-12-9-19-8-11(12)5-15(16)23-18-14-7-13(3-2-4-24)22-17(14)20-10-21-18/h5-8,10,24H,4,9H2,1H3,(H2,20,21,22,23). The van der Waals surface area contributed by atoms with Crippen LogP contribution in [-0.4, -0.2) is 40.0 Å². The number of nitrogens with one attached hydrogen (secondary N) is 2. The molecular weight excluding hydrogens is 318 g/mol. The summed E-state index contributed by atoms with van der Waals surface area (Å²) < 4.78 is 5.49. The number of aromatic amines is 1. The highest BCUT2D eigenvalue weighted by molar-refractivity contribution is 5.92. The highest BCUT2D eigenvalue weighted by atomic mass is 16.5. The minimum Gasteiger partial charge on any atom is -0.495 e. The summed E-state index contributed by atoms with van der Waals surface area (Å²) in [7, 11) is 1.64. The summed E-state index contributed by atoms with van der Waals surface area (Å²) in [4.78, 5) is 15.9. The molecule has 7 nitrogen and oxygen atoms in total. The fourth-order valence-electron chi connectivity index (χ4n) is 2.77. The Morgan fingerprint density at radius 1 is 1.32 bits per heavy atom. The molecule has 3 heterocycles. The maximum absolute atomic E-state index is 8.83. The van der Waals surface area contributed by atoms with Crippen LogP contribution in [0.4, 0.5) is 11.5 Å². The van der Waals surface area contributed by atoms with Crippen LogP contribution < -0.4 is 10.1 Å². The molecule has 0 saturated heterocycles. The first kappa shape index (κ1) is 15.2. The zero-order valence-electron chi connectivity index (χ0n) is 13.5. The van der Waals surface area contributed by atoms with E-state index in [2.05, 4.69) is 37.1 Å². The van der Waals surface area contributed by atoms with Crippen LogP contribution in [0.15, 0.2) is 29.5 Å². The summed E-state index contributed by atoms with van der Waals surface area (Å²) in [5, 5.41) is 13.0. The number of benzene rings is 1. The highest BCUT2D eigenvalue weighted by Crippen LogP contribution is 2.33. The third-order valence-corrected chi connectivity index (χ3v) is 3.93. The van der Waals surface area contributed by atoms with Crippen molar-refractivity contribution < 1.29 is 9.84 Å². The van der Waals surface area contributed by atoms with E-state index >= 15 is 0 Å². The van der Waals surface area contributed by atoms with Crippen molar-refractivity contribution in [1.82, 2.24) is 15.0 Å². The van der Waals surface area contributed by atoms with Crippen LogP contribution in [0.1, 0.15) is 16.8 Å². The van der Waals surface area contributed by atoms with Crippen molar-refractivity contribution in [1.29, 1.82) is 0 Å². The van der Waals surface area contributed by atoms with E-state index in [1.54, 1.807) is 7.11 Å². The predicted molar refractivity (Wildman–Crippen MR) is 95.4 cm³/mol. The normalized spacial score (nSPS) is 11.9. The van der Waals surface area contributed by atoms with Crippen molar-refractivity contribution in [2.24, 2.45) is 4.99 Å². The third-order valence-electron chi connectivity index (χ3n) is 3.93. The van der Waals surface area contributed by atoms with Crippen molar-refractivity contribution in [3.05, 3.63) is 41.3 Å². The lowest BCUT2D eigenvalue weighted by molar-refractivity contribution is 0.350. The first-order valence-electron chi connectivity index (χ1n) is 7.69. The van der Waals surface area contributed by atoms with Gasteiger partial charge < -0.3 is 20.1 Å². The van der Waals surface area contributed by atoms with Crippen LogP contribution in [0, 0.1) is 11.8 Å². The quantitative estimate of drug-likeness (QED) is 0.637. The number of hydrogen-bond acceptors (Lipinski definition) is 6. The summed E-state index contributed by atoms with van der Waals surface area (Å²) in [6, 6.07) is 5.83. The van der Waals surface area contributed by atoms with E-state index in [9.17, 15) is 0 Å². The number of aliphatic imine (C=N–C) groups is 1. The van der Waals surface area contributed by atoms with Gasteiger partial charge in [-0.2, -0.15) is 0 Å². The SMILES string of the molecule is COc1cc2c(cc1Nc1ncnc3[nH]c(C#CCO)cc13)C=NC2. The van der Waals surface area contributed by atoms with E-state index < -0.39 is 0 Å². The van der Waals surface area contributed by atoms with Crippen LogP contribution in [0.2, 0.25) is 0 Å². The van der Waals surface area contributed by atoms with E-state index in [0.717, 1.165) is 28.0 Å². The van der Waals surface area contributed by atoms with Gasteiger partial charge in [0, 0.05) is 6.21 Å². The lowest BCUT2D eigenvalue weighted by Crippen LogP contribution is -2.00. The summed E-state index contributed by atoms with van der Waals surface area (Å²) in [6.07, 6.45) is 3.33. The zero-order valence-corrected chi connectivity index (χ0v) is 13.5. The molecule has 0 amide bonds. The van der Waals surface area contributed by atoms with Crippen molar-refractivity contribution in [2.45, 2.75) is 6.54 Å². The van der Waals surface area contributed by atoms with Gasteiger partial charge in [0.05, 0.1) is 30.4 Å². The van der Waals surface area contributed by atoms with E-state index in [1.165, 1.54) is 6.33 Å². The van der Waals surface area contributed by atoms with E-state index in [-0.39, 0.29) is 6.61 Å². The molecule has 3 N–H and O–H groups in total. The van der Waals surface area contributed by atoms with Gasteiger partial charge >= 0.3 is 0 Å². The largest absolute Gasteiger partial charge is 0.495 e. The number of rotatable bonds is 3. The molecule has 0 radical (unpaired) electrons. The Kier molecular flexibility index (Phi) is 3.80. The average molecular weight is 333 g/mol. The number of aromatic nitrogens is 3. The number of fused-ring (bicyclic) bond motifs is 2. The second-order valence-electron chi connectivity index (χ2n) is 5.47. The second-order valence-corrected chi connectivity index (χ2v) is 5.47.